The fraction of sp³-hybridized carbons (Fsp3) is 0.429. The number of nitrogens with zero attached hydrogens (tertiary/aromatic N) is 1. The largest absolute Gasteiger partial charge is 0.484 e. The molecule has 5 heteroatoms. The van der Waals surface area contributed by atoms with Crippen LogP contribution in [0.4, 0.5) is 0 Å². The van der Waals surface area contributed by atoms with Crippen molar-refractivity contribution in [3.63, 3.8) is 0 Å². The van der Waals surface area contributed by atoms with Crippen LogP contribution in [0.3, 0.4) is 0 Å². The van der Waals surface area contributed by atoms with Crippen molar-refractivity contribution in [2.45, 2.75) is 25.3 Å². The summed E-state index contributed by atoms with van der Waals surface area (Å²) in [7, 11) is 0. The summed E-state index contributed by atoms with van der Waals surface area (Å²) in [6, 6.07) is 9.01. The number of ether oxygens (including phenoxy) is 1. The third-order valence-electron chi connectivity index (χ3n) is 3.19. The smallest absolute Gasteiger partial charge is 0.259 e. The Morgan fingerprint density at radius 3 is 2.95 bits per heavy atom. The lowest BCUT2D eigenvalue weighted by Gasteiger charge is -2.22. The van der Waals surface area contributed by atoms with Crippen LogP contribution in [-0.2, 0) is 4.79 Å². The number of halogens is 1. The van der Waals surface area contributed by atoms with E-state index < -0.39 is 5.54 Å². The van der Waals surface area contributed by atoms with Crippen molar-refractivity contribution in [3.8, 4) is 11.8 Å². The molecule has 19 heavy (non-hydrogen) atoms. The highest BCUT2D eigenvalue weighted by atomic mass is 35.5. The minimum absolute atomic E-state index is 0.121. The Balaban J connectivity index is 1.86. The maximum atomic E-state index is 11.8. The van der Waals surface area contributed by atoms with E-state index >= 15 is 0 Å². The molecule has 4 nitrogen and oxygen atoms in total. The monoisotopic (exact) mass is 278 g/mol. The molecule has 1 atom stereocenters. The molecule has 0 spiro atoms. The molecule has 0 saturated heterocycles. The van der Waals surface area contributed by atoms with Gasteiger partial charge in [-0.25, -0.2) is 0 Å². The zero-order valence-electron chi connectivity index (χ0n) is 10.6. The lowest BCUT2D eigenvalue weighted by atomic mass is 9.98. The quantitative estimate of drug-likeness (QED) is 0.900. The van der Waals surface area contributed by atoms with Crippen molar-refractivity contribution < 1.29 is 9.53 Å². The topological polar surface area (TPSA) is 62.1 Å². The van der Waals surface area contributed by atoms with E-state index in [1.807, 2.05) is 0 Å². The van der Waals surface area contributed by atoms with E-state index in [0.717, 1.165) is 12.8 Å². The Kier molecular flexibility index (Phi) is 3.96. The summed E-state index contributed by atoms with van der Waals surface area (Å²) < 4.78 is 5.33. The van der Waals surface area contributed by atoms with Crippen LogP contribution < -0.4 is 10.1 Å². The van der Waals surface area contributed by atoms with Crippen molar-refractivity contribution in [1.82, 2.24) is 5.32 Å². The zero-order valence-corrected chi connectivity index (χ0v) is 11.4. The molecule has 1 aliphatic rings. The highest BCUT2D eigenvalue weighted by Crippen LogP contribution is 2.39. The van der Waals surface area contributed by atoms with Crippen LogP contribution >= 0.6 is 11.6 Å². The summed E-state index contributed by atoms with van der Waals surface area (Å²) in [6.07, 6.45) is 1.97. The van der Waals surface area contributed by atoms with Crippen molar-refractivity contribution in [2.24, 2.45) is 5.92 Å². The van der Waals surface area contributed by atoms with Crippen molar-refractivity contribution in [3.05, 3.63) is 29.3 Å². The van der Waals surface area contributed by atoms with Gasteiger partial charge in [0, 0.05) is 5.02 Å². The van der Waals surface area contributed by atoms with Gasteiger partial charge in [0.2, 0.25) is 0 Å². The number of rotatable bonds is 5. The average molecular weight is 279 g/mol. The first-order chi connectivity index (χ1) is 9.03. The minimum Gasteiger partial charge on any atom is -0.484 e. The molecule has 1 aliphatic carbocycles. The number of nitrogens with one attached hydrogen (secondary N) is 1. The molecule has 0 aliphatic heterocycles. The first kappa shape index (κ1) is 13.7. The van der Waals surface area contributed by atoms with Gasteiger partial charge >= 0.3 is 0 Å². The second-order valence-corrected chi connectivity index (χ2v) is 5.32. The second-order valence-electron chi connectivity index (χ2n) is 4.88. The average Bonchev–Trinajstić information content (AvgIpc) is 3.21. The number of hydrogen-bond donors (Lipinski definition) is 1. The molecular formula is C14H15ClN2O2. The van der Waals surface area contributed by atoms with Gasteiger partial charge in [0.05, 0.1) is 6.07 Å². The molecule has 0 heterocycles. The molecule has 1 N–H and O–H groups in total. The Hall–Kier alpha value is -1.73. The normalized spacial score (nSPS) is 17.1. The molecule has 1 aromatic rings. The van der Waals surface area contributed by atoms with E-state index in [9.17, 15) is 4.79 Å². The first-order valence-electron chi connectivity index (χ1n) is 6.14. The van der Waals surface area contributed by atoms with Gasteiger partial charge < -0.3 is 10.1 Å². The van der Waals surface area contributed by atoms with Crippen LogP contribution in [-0.4, -0.2) is 18.1 Å². The number of carbonyl (C=O) groups is 1. The Morgan fingerprint density at radius 2 is 2.37 bits per heavy atom. The summed E-state index contributed by atoms with van der Waals surface area (Å²) in [6.45, 7) is 1.63. The van der Waals surface area contributed by atoms with Crippen molar-refractivity contribution in [1.29, 1.82) is 5.26 Å². The molecule has 1 saturated carbocycles. The van der Waals surface area contributed by atoms with E-state index in [2.05, 4.69) is 11.4 Å². The van der Waals surface area contributed by atoms with Crippen molar-refractivity contribution >= 4 is 17.5 Å². The minimum atomic E-state index is -0.783. The Bertz CT molecular complexity index is 522. The second kappa shape index (κ2) is 5.50. The van der Waals surface area contributed by atoms with Gasteiger partial charge in [-0.15, -0.1) is 0 Å². The van der Waals surface area contributed by atoms with Gasteiger partial charge in [0.15, 0.2) is 6.61 Å². The van der Waals surface area contributed by atoms with Crippen LogP contribution in [0.1, 0.15) is 19.8 Å². The Labute approximate surface area is 117 Å². The molecule has 0 aromatic heterocycles. The molecule has 1 fully saturated rings. The van der Waals surface area contributed by atoms with Gasteiger partial charge in [-0.1, -0.05) is 17.7 Å². The van der Waals surface area contributed by atoms with Crippen LogP contribution in [0.25, 0.3) is 0 Å². The van der Waals surface area contributed by atoms with Crippen LogP contribution in [0.2, 0.25) is 5.02 Å². The van der Waals surface area contributed by atoms with Gasteiger partial charge in [0.1, 0.15) is 11.3 Å². The molecule has 1 amide bonds. The molecule has 0 radical (unpaired) electrons. The van der Waals surface area contributed by atoms with E-state index in [1.54, 1.807) is 31.2 Å². The zero-order chi connectivity index (χ0) is 13.9. The lowest BCUT2D eigenvalue weighted by molar-refractivity contribution is -0.124. The molecular weight excluding hydrogens is 264 g/mol. The van der Waals surface area contributed by atoms with Crippen LogP contribution in [0.5, 0.6) is 5.75 Å². The SMILES string of the molecule is C[C@@](C#N)(NC(=O)COc1cccc(Cl)c1)C1CC1. The maximum absolute atomic E-state index is 11.8. The van der Waals surface area contributed by atoms with Gasteiger partial charge in [-0.3, -0.25) is 4.79 Å². The molecule has 1 aromatic carbocycles. The maximum Gasteiger partial charge on any atom is 0.259 e. The third kappa shape index (κ3) is 3.62. The van der Waals surface area contributed by atoms with Gasteiger partial charge in [0.25, 0.3) is 5.91 Å². The standard InChI is InChI=1S/C14H15ClN2O2/c1-14(9-16,10-5-6-10)17-13(18)8-19-12-4-2-3-11(15)7-12/h2-4,7,10H,5-6,8H2,1H3,(H,17,18)/t14-/m0/s1. The number of benzene rings is 1. The summed E-state index contributed by atoms with van der Waals surface area (Å²) in [5.41, 5.74) is -0.783. The number of carbonyl (C=O) groups excluding carboxylic acids is 1. The van der Waals surface area contributed by atoms with Crippen molar-refractivity contribution in [2.75, 3.05) is 6.61 Å². The summed E-state index contributed by atoms with van der Waals surface area (Å²) >= 11 is 5.82. The lowest BCUT2D eigenvalue weighted by Crippen LogP contribution is -2.48. The third-order valence-corrected chi connectivity index (χ3v) is 3.43. The predicted molar refractivity (Wildman–Crippen MR) is 71.8 cm³/mol. The van der Waals surface area contributed by atoms with E-state index in [1.165, 1.54) is 0 Å². The fourth-order valence-electron chi connectivity index (χ4n) is 1.91. The number of hydrogen-bond acceptors (Lipinski definition) is 3. The fourth-order valence-corrected chi connectivity index (χ4v) is 2.09. The summed E-state index contributed by atoms with van der Waals surface area (Å²) in [4.78, 5) is 11.8. The van der Waals surface area contributed by atoms with E-state index in [-0.39, 0.29) is 18.4 Å². The highest BCUT2D eigenvalue weighted by molar-refractivity contribution is 6.30. The predicted octanol–water partition coefficient (Wildman–Crippen LogP) is 2.53. The number of amides is 1. The van der Waals surface area contributed by atoms with Crippen LogP contribution in [0, 0.1) is 17.2 Å². The summed E-state index contributed by atoms with van der Waals surface area (Å²) in [5.74, 6) is 0.497. The van der Waals surface area contributed by atoms with E-state index in [0.29, 0.717) is 10.8 Å². The molecule has 0 unspecified atom stereocenters. The Morgan fingerprint density at radius 1 is 1.63 bits per heavy atom. The van der Waals surface area contributed by atoms with Gasteiger partial charge in [-0.2, -0.15) is 5.26 Å². The molecule has 100 valence electrons. The first-order valence-corrected chi connectivity index (χ1v) is 6.52. The summed E-state index contributed by atoms with van der Waals surface area (Å²) in [5, 5.41) is 12.4. The van der Waals surface area contributed by atoms with Gasteiger partial charge in [-0.05, 0) is 43.9 Å². The molecule has 0 bridgehead atoms. The van der Waals surface area contributed by atoms with E-state index in [4.69, 9.17) is 21.6 Å². The highest BCUT2D eigenvalue weighted by Gasteiger charge is 2.43. The number of nitriles is 1. The molecule has 2 rings (SSSR count). The van der Waals surface area contributed by atoms with Crippen LogP contribution in [0.15, 0.2) is 24.3 Å².